The predicted octanol–water partition coefficient (Wildman–Crippen LogP) is 6.24. The molecule has 0 aliphatic carbocycles. The maximum Gasteiger partial charge on any atom is 0.419 e. The van der Waals surface area contributed by atoms with Crippen LogP contribution < -0.4 is 10.5 Å². The van der Waals surface area contributed by atoms with Crippen molar-refractivity contribution < 1.29 is 32.2 Å². The van der Waals surface area contributed by atoms with Crippen molar-refractivity contribution in [3.05, 3.63) is 70.9 Å². The number of nitrogens with zero attached hydrogens (tertiary/aromatic N) is 1. The Morgan fingerprint density at radius 1 is 1.03 bits per heavy atom. The quantitative estimate of drug-likeness (QED) is 0.180. The molecule has 0 spiro atoms. The molecule has 0 amide bonds. The smallest absolute Gasteiger partial charge is 0.419 e. The lowest BCUT2D eigenvalue weighted by Gasteiger charge is -2.15. The fourth-order valence-corrected chi connectivity index (χ4v) is 4.65. The van der Waals surface area contributed by atoms with E-state index in [0.717, 1.165) is 43.1 Å². The first kappa shape index (κ1) is 27.5. The molecule has 4 N–H and O–H groups in total. The highest BCUT2D eigenvalue weighted by Crippen LogP contribution is 2.40. The molecule has 3 rings (SSSR count). The van der Waals surface area contributed by atoms with E-state index in [9.17, 15) is 13.2 Å². The zero-order chi connectivity index (χ0) is 25.3. The standard InChI is InChI=1S/C24H28F3N2O4PS/c25-24(26,27)19-14-18(22-15-29-23(35-22)20(28)16-33-34(30)31)11-12-21(19)32-13-7-2-1-4-8-17-9-5-3-6-10-17/h3,5-6,9-12,14-15,20,30-31H,1-2,4,7-8,13,16,28H2. The first-order valence-electron chi connectivity index (χ1n) is 11.1. The van der Waals surface area contributed by atoms with Crippen LogP contribution in [0.25, 0.3) is 10.4 Å². The number of unbranched alkanes of at least 4 members (excludes halogenated alkanes) is 3. The van der Waals surface area contributed by atoms with E-state index < -0.39 is 26.4 Å². The summed E-state index contributed by atoms with van der Waals surface area (Å²) in [6.07, 6.45) is 1.43. The van der Waals surface area contributed by atoms with Gasteiger partial charge in [-0.15, -0.1) is 11.3 Å². The number of rotatable bonds is 13. The Morgan fingerprint density at radius 2 is 1.77 bits per heavy atom. The Kier molecular flexibility index (Phi) is 10.5. The summed E-state index contributed by atoms with van der Waals surface area (Å²) in [5, 5.41) is 0.415. The number of nitrogens with two attached hydrogens (primary N) is 1. The molecule has 6 nitrogen and oxygen atoms in total. The summed E-state index contributed by atoms with van der Waals surface area (Å²) < 4.78 is 51.3. The largest absolute Gasteiger partial charge is 0.493 e. The van der Waals surface area contributed by atoms with Gasteiger partial charge in [-0.25, -0.2) is 4.98 Å². The van der Waals surface area contributed by atoms with Crippen LogP contribution in [0.1, 0.15) is 47.9 Å². The summed E-state index contributed by atoms with van der Waals surface area (Å²) >= 11 is 1.12. The van der Waals surface area contributed by atoms with Crippen LogP contribution in [0.4, 0.5) is 13.2 Å². The maximum absolute atomic E-state index is 13.7. The van der Waals surface area contributed by atoms with Gasteiger partial charge in [0.25, 0.3) is 0 Å². The molecular formula is C24H28F3N2O4PS. The minimum atomic E-state index is -4.57. The first-order valence-corrected chi connectivity index (χ1v) is 13.1. The summed E-state index contributed by atoms with van der Waals surface area (Å²) in [6.45, 7) is 0.0457. The summed E-state index contributed by atoms with van der Waals surface area (Å²) in [4.78, 5) is 22.3. The van der Waals surface area contributed by atoms with E-state index in [2.05, 4.69) is 17.1 Å². The third-order valence-electron chi connectivity index (χ3n) is 5.24. The number of alkyl halides is 3. The molecule has 0 fully saturated rings. The fourth-order valence-electron chi connectivity index (χ4n) is 3.45. The second kappa shape index (κ2) is 13.3. The normalized spacial score (nSPS) is 12.8. The van der Waals surface area contributed by atoms with Crippen molar-refractivity contribution in [1.82, 2.24) is 4.98 Å². The van der Waals surface area contributed by atoms with E-state index in [1.54, 1.807) is 6.07 Å². The minimum Gasteiger partial charge on any atom is -0.493 e. The highest BCUT2D eigenvalue weighted by Gasteiger charge is 2.35. The lowest BCUT2D eigenvalue weighted by molar-refractivity contribution is -0.138. The molecule has 2 aromatic carbocycles. The second-order valence-corrected chi connectivity index (χ2v) is 9.75. The molecule has 1 aromatic heterocycles. The Labute approximate surface area is 207 Å². The molecule has 3 aromatic rings. The van der Waals surface area contributed by atoms with E-state index in [4.69, 9.17) is 24.8 Å². The van der Waals surface area contributed by atoms with E-state index in [-0.39, 0.29) is 19.0 Å². The summed E-state index contributed by atoms with van der Waals surface area (Å²) in [6, 6.07) is 13.4. The molecule has 0 aliphatic heterocycles. The lowest BCUT2D eigenvalue weighted by atomic mass is 10.1. The van der Waals surface area contributed by atoms with Crippen LogP contribution in [0.5, 0.6) is 5.75 Å². The van der Waals surface area contributed by atoms with E-state index in [0.29, 0.717) is 21.9 Å². The molecule has 1 atom stereocenters. The number of ether oxygens (including phenoxy) is 1. The lowest BCUT2D eigenvalue weighted by Crippen LogP contribution is -2.15. The molecule has 0 aliphatic rings. The van der Waals surface area contributed by atoms with Gasteiger partial charge in [0.15, 0.2) is 0 Å². The van der Waals surface area contributed by atoms with Crippen molar-refractivity contribution in [2.24, 2.45) is 5.73 Å². The van der Waals surface area contributed by atoms with E-state index >= 15 is 0 Å². The van der Waals surface area contributed by atoms with Crippen LogP contribution in [-0.2, 0) is 17.1 Å². The molecule has 11 heteroatoms. The molecule has 1 heterocycles. The van der Waals surface area contributed by atoms with Crippen LogP contribution in [0.15, 0.2) is 54.7 Å². The number of thiazole rings is 1. The monoisotopic (exact) mass is 528 g/mol. The minimum absolute atomic E-state index is 0.168. The van der Waals surface area contributed by atoms with E-state index in [1.807, 2.05) is 18.2 Å². The summed E-state index contributed by atoms with van der Waals surface area (Å²) in [7, 11) is -2.54. The Bertz CT molecular complexity index is 1050. The van der Waals surface area contributed by atoms with Crippen LogP contribution in [0.2, 0.25) is 0 Å². The van der Waals surface area contributed by atoms with Crippen LogP contribution in [-0.4, -0.2) is 28.0 Å². The molecule has 0 saturated carbocycles. The number of benzene rings is 2. The van der Waals surface area contributed by atoms with Gasteiger partial charge in [-0.05, 0) is 48.6 Å². The first-order chi connectivity index (χ1) is 16.7. The van der Waals surface area contributed by atoms with Crippen LogP contribution in [0, 0.1) is 0 Å². The van der Waals surface area contributed by atoms with Crippen molar-refractivity contribution >= 4 is 19.9 Å². The van der Waals surface area contributed by atoms with Gasteiger partial charge >= 0.3 is 14.8 Å². The average Bonchev–Trinajstić information content (AvgIpc) is 3.32. The highest BCUT2D eigenvalue weighted by molar-refractivity contribution is 7.39. The average molecular weight is 529 g/mol. The van der Waals surface area contributed by atoms with Gasteiger partial charge in [-0.2, -0.15) is 13.2 Å². The van der Waals surface area contributed by atoms with Gasteiger partial charge in [0, 0.05) is 6.20 Å². The second-order valence-electron chi connectivity index (χ2n) is 7.92. The Morgan fingerprint density at radius 3 is 2.49 bits per heavy atom. The van der Waals surface area contributed by atoms with Crippen molar-refractivity contribution in [1.29, 1.82) is 0 Å². The molecule has 190 valence electrons. The van der Waals surface area contributed by atoms with Crippen molar-refractivity contribution in [3.63, 3.8) is 0 Å². The number of aromatic nitrogens is 1. The van der Waals surface area contributed by atoms with Gasteiger partial charge in [0.2, 0.25) is 0 Å². The number of hydrogen-bond acceptors (Lipinski definition) is 7. The number of aryl methyl sites for hydroxylation is 1. The van der Waals surface area contributed by atoms with Gasteiger partial charge in [-0.1, -0.05) is 43.2 Å². The Balaban J connectivity index is 1.55. The number of halogens is 3. The molecule has 0 saturated heterocycles. The maximum atomic E-state index is 13.7. The predicted molar refractivity (Wildman–Crippen MR) is 131 cm³/mol. The van der Waals surface area contributed by atoms with Crippen LogP contribution >= 0.6 is 19.9 Å². The zero-order valence-corrected chi connectivity index (χ0v) is 20.7. The fraction of sp³-hybridized carbons (Fsp3) is 0.375. The Hall–Kier alpha value is -2.07. The molecular weight excluding hydrogens is 500 g/mol. The molecule has 1 unspecified atom stereocenters. The molecule has 35 heavy (non-hydrogen) atoms. The zero-order valence-electron chi connectivity index (χ0n) is 18.9. The van der Waals surface area contributed by atoms with Crippen molar-refractivity contribution in [2.75, 3.05) is 13.2 Å². The van der Waals surface area contributed by atoms with Gasteiger partial charge in [-0.3, -0.25) is 0 Å². The van der Waals surface area contributed by atoms with Gasteiger partial charge in [0.05, 0.1) is 29.7 Å². The highest BCUT2D eigenvalue weighted by atomic mass is 32.1. The third-order valence-corrected chi connectivity index (χ3v) is 6.80. The molecule has 0 bridgehead atoms. The van der Waals surface area contributed by atoms with Crippen molar-refractivity contribution in [3.8, 4) is 16.2 Å². The van der Waals surface area contributed by atoms with Gasteiger partial charge in [0.1, 0.15) is 10.8 Å². The van der Waals surface area contributed by atoms with Gasteiger partial charge < -0.3 is 24.8 Å². The topological polar surface area (TPSA) is 97.8 Å². The molecule has 0 radical (unpaired) electrons. The van der Waals surface area contributed by atoms with Crippen LogP contribution in [0.3, 0.4) is 0 Å². The van der Waals surface area contributed by atoms with Crippen molar-refractivity contribution in [2.45, 2.75) is 44.3 Å². The summed E-state index contributed by atoms with van der Waals surface area (Å²) in [5.74, 6) is -0.195. The SMILES string of the molecule is NC(COP(O)O)c1ncc(-c2ccc(OCCCCCCc3ccccc3)c(C(F)(F)F)c2)s1. The number of hydrogen-bond donors (Lipinski definition) is 3. The van der Waals surface area contributed by atoms with E-state index in [1.165, 1.54) is 17.8 Å². The third kappa shape index (κ3) is 8.83. The summed E-state index contributed by atoms with van der Waals surface area (Å²) in [5.41, 5.74) is 6.68.